The zero-order valence-electron chi connectivity index (χ0n) is 15.5. The number of anilines is 1. The van der Waals surface area contributed by atoms with Gasteiger partial charge in [0.1, 0.15) is 0 Å². The number of rotatable bonds is 2. The maximum Gasteiger partial charge on any atom is 0.234 e. The van der Waals surface area contributed by atoms with Crippen molar-refractivity contribution in [2.45, 2.75) is 5.92 Å². The topological polar surface area (TPSA) is 51.4 Å². The number of hydrogen-bond acceptors (Lipinski definition) is 3. The van der Waals surface area contributed by atoms with E-state index >= 15 is 0 Å². The number of piperazine rings is 1. The van der Waals surface area contributed by atoms with Gasteiger partial charge in [0.2, 0.25) is 5.91 Å². The normalized spacial score (nSPS) is 25.4. The average molecular weight is 360 g/mol. The minimum absolute atomic E-state index is 0.0667. The highest BCUT2D eigenvalue weighted by molar-refractivity contribution is 5.92. The summed E-state index contributed by atoms with van der Waals surface area (Å²) in [5.74, 6) is -0.0680. The predicted molar refractivity (Wildman–Crippen MR) is 109 cm³/mol. The first kappa shape index (κ1) is 16.4. The predicted octanol–water partition coefficient (Wildman–Crippen LogP) is 2.76. The Labute approximate surface area is 159 Å². The number of hydrogen-bond donors (Lipinski definition) is 2. The van der Waals surface area contributed by atoms with E-state index in [9.17, 15) is 4.79 Å². The van der Waals surface area contributed by atoms with Crippen LogP contribution in [-0.4, -0.2) is 49.0 Å². The second-order valence-electron chi connectivity index (χ2n) is 7.67. The van der Waals surface area contributed by atoms with Crippen LogP contribution in [-0.2, 0) is 4.79 Å². The van der Waals surface area contributed by atoms with Crippen LogP contribution in [0.25, 0.3) is 10.9 Å². The molecule has 3 aliphatic rings. The van der Waals surface area contributed by atoms with Crippen molar-refractivity contribution in [3.05, 3.63) is 66.0 Å². The zero-order valence-corrected chi connectivity index (χ0v) is 15.5. The molecular formula is C22H24N4O. The first-order valence-electron chi connectivity index (χ1n) is 9.61. The van der Waals surface area contributed by atoms with Gasteiger partial charge in [-0.1, -0.05) is 24.3 Å². The molecule has 2 aromatic rings. The smallest absolute Gasteiger partial charge is 0.234 e. The lowest BCUT2D eigenvalue weighted by atomic mass is 9.90. The maximum atomic E-state index is 12.6. The van der Waals surface area contributed by atoms with E-state index in [0.717, 1.165) is 43.1 Å². The van der Waals surface area contributed by atoms with Gasteiger partial charge in [0.25, 0.3) is 0 Å². The molecule has 2 N–H and O–H groups in total. The van der Waals surface area contributed by atoms with Crippen LogP contribution in [0, 0.1) is 5.92 Å². The standard InChI is InChI=1S/C22H24N4O/c1-25-9-11-26(12-10-25)16-7-8-18-15(13-16)14-20(23-18)21-17-5-3-2-4-6-19(17)24-22(21)27/h2-8,13-14,17,21,23H,9-12H2,1H3,(H,24,27). The van der Waals surface area contributed by atoms with Gasteiger partial charge in [0, 0.05) is 60.1 Å². The monoisotopic (exact) mass is 360 g/mol. The lowest BCUT2D eigenvalue weighted by molar-refractivity contribution is -0.120. The number of fused-ring (bicyclic) bond motifs is 2. The molecule has 3 heterocycles. The Morgan fingerprint density at radius 2 is 1.89 bits per heavy atom. The fourth-order valence-electron chi connectivity index (χ4n) is 4.33. The third kappa shape index (κ3) is 2.88. The molecule has 2 fully saturated rings. The molecular weight excluding hydrogens is 336 g/mol. The molecule has 2 saturated heterocycles. The summed E-state index contributed by atoms with van der Waals surface area (Å²) in [6, 6.07) is 8.72. The van der Waals surface area contributed by atoms with E-state index in [-0.39, 0.29) is 17.7 Å². The average Bonchev–Trinajstić information content (AvgIpc) is 3.13. The molecule has 27 heavy (non-hydrogen) atoms. The van der Waals surface area contributed by atoms with Crippen molar-refractivity contribution in [2.75, 3.05) is 38.1 Å². The van der Waals surface area contributed by atoms with Crippen LogP contribution >= 0.6 is 0 Å². The molecule has 0 spiro atoms. The van der Waals surface area contributed by atoms with E-state index in [0.29, 0.717) is 0 Å². The van der Waals surface area contributed by atoms with E-state index in [4.69, 9.17) is 0 Å². The minimum Gasteiger partial charge on any atom is -0.369 e. The van der Waals surface area contributed by atoms with Gasteiger partial charge in [0.15, 0.2) is 0 Å². The van der Waals surface area contributed by atoms with Gasteiger partial charge < -0.3 is 20.1 Å². The summed E-state index contributed by atoms with van der Waals surface area (Å²) in [6.45, 7) is 4.29. The SMILES string of the molecule is CN1CCN(c2ccc3[nH]c(C4C(=O)NC5=CC=CC=CC54)cc3c2)CC1. The van der Waals surface area contributed by atoms with Gasteiger partial charge in [-0.25, -0.2) is 0 Å². The number of aromatic nitrogens is 1. The molecule has 0 radical (unpaired) electrons. The molecule has 1 aromatic heterocycles. The first-order chi connectivity index (χ1) is 13.2. The van der Waals surface area contributed by atoms with Crippen LogP contribution < -0.4 is 10.2 Å². The Morgan fingerprint density at radius 1 is 1.04 bits per heavy atom. The van der Waals surface area contributed by atoms with E-state index in [2.05, 4.69) is 57.5 Å². The number of nitrogens with zero attached hydrogens (tertiary/aromatic N) is 2. The zero-order chi connectivity index (χ0) is 18.4. The number of allylic oxidation sites excluding steroid dienone is 5. The number of H-pyrrole nitrogens is 1. The summed E-state index contributed by atoms with van der Waals surface area (Å²) in [5, 5.41) is 4.21. The summed E-state index contributed by atoms with van der Waals surface area (Å²) < 4.78 is 0. The molecule has 1 aromatic carbocycles. The highest BCUT2D eigenvalue weighted by Crippen LogP contribution is 2.38. The number of nitrogens with one attached hydrogen (secondary N) is 2. The lowest BCUT2D eigenvalue weighted by Crippen LogP contribution is -2.44. The van der Waals surface area contributed by atoms with E-state index in [1.165, 1.54) is 11.1 Å². The molecule has 2 aliphatic heterocycles. The van der Waals surface area contributed by atoms with Crippen LogP contribution in [0.2, 0.25) is 0 Å². The minimum atomic E-state index is -0.202. The van der Waals surface area contributed by atoms with Gasteiger partial charge in [0.05, 0.1) is 5.92 Å². The highest BCUT2D eigenvalue weighted by Gasteiger charge is 2.39. The largest absolute Gasteiger partial charge is 0.369 e. The van der Waals surface area contributed by atoms with E-state index in [1.54, 1.807) is 0 Å². The van der Waals surface area contributed by atoms with Gasteiger partial charge in [-0.2, -0.15) is 0 Å². The van der Waals surface area contributed by atoms with Gasteiger partial charge in [-0.3, -0.25) is 4.79 Å². The lowest BCUT2D eigenvalue weighted by Gasteiger charge is -2.34. The maximum absolute atomic E-state index is 12.6. The fraction of sp³-hybridized carbons (Fsp3) is 0.318. The molecule has 5 heteroatoms. The second-order valence-corrected chi connectivity index (χ2v) is 7.67. The van der Waals surface area contributed by atoms with E-state index < -0.39 is 0 Å². The Hall–Kier alpha value is -2.79. The van der Waals surface area contributed by atoms with E-state index in [1.807, 2.05) is 24.3 Å². The van der Waals surface area contributed by atoms with Crippen LogP contribution in [0.3, 0.4) is 0 Å². The Bertz CT molecular complexity index is 975. The Morgan fingerprint density at radius 3 is 2.74 bits per heavy atom. The summed E-state index contributed by atoms with van der Waals surface area (Å²) in [6.07, 6.45) is 10.1. The van der Waals surface area contributed by atoms with Crippen molar-refractivity contribution >= 4 is 22.5 Å². The third-order valence-electron chi connectivity index (χ3n) is 5.91. The molecule has 1 aliphatic carbocycles. The Kier molecular flexibility index (Phi) is 3.90. The summed E-state index contributed by atoms with van der Waals surface area (Å²) in [5.41, 5.74) is 4.31. The van der Waals surface area contributed by atoms with Gasteiger partial charge >= 0.3 is 0 Å². The molecule has 0 bridgehead atoms. The van der Waals surface area contributed by atoms with Crippen molar-refractivity contribution < 1.29 is 4.79 Å². The van der Waals surface area contributed by atoms with Crippen molar-refractivity contribution in [3.63, 3.8) is 0 Å². The molecule has 5 nitrogen and oxygen atoms in total. The van der Waals surface area contributed by atoms with Crippen molar-refractivity contribution in [1.29, 1.82) is 0 Å². The van der Waals surface area contributed by atoms with Crippen molar-refractivity contribution in [3.8, 4) is 0 Å². The molecule has 1 amide bonds. The molecule has 2 atom stereocenters. The number of likely N-dealkylation sites (N-methyl/N-ethyl adjacent to an activating group) is 1. The van der Waals surface area contributed by atoms with Crippen molar-refractivity contribution in [2.24, 2.45) is 5.92 Å². The van der Waals surface area contributed by atoms with Gasteiger partial charge in [-0.05, 0) is 37.4 Å². The quantitative estimate of drug-likeness (QED) is 0.866. The first-order valence-corrected chi connectivity index (χ1v) is 9.61. The third-order valence-corrected chi connectivity index (χ3v) is 5.91. The molecule has 2 unspecified atom stereocenters. The summed E-state index contributed by atoms with van der Waals surface area (Å²) >= 11 is 0. The summed E-state index contributed by atoms with van der Waals surface area (Å²) in [4.78, 5) is 20.9. The summed E-state index contributed by atoms with van der Waals surface area (Å²) in [7, 11) is 2.17. The molecule has 5 rings (SSSR count). The van der Waals surface area contributed by atoms with Crippen LogP contribution in [0.15, 0.2) is 60.3 Å². The highest BCUT2D eigenvalue weighted by atomic mass is 16.2. The molecule has 138 valence electrons. The number of carbonyl (C=O) groups is 1. The second kappa shape index (κ2) is 6.43. The van der Waals surface area contributed by atoms with Crippen molar-refractivity contribution in [1.82, 2.24) is 15.2 Å². The fourth-order valence-corrected chi connectivity index (χ4v) is 4.33. The number of benzene rings is 1. The number of amides is 1. The van der Waals surface area contributed by atoms with Crippen LogP contribution in [0.4, 0.5) is 5.69 Å². The number of aromatic amines is 1. The Balaban J connectivity index is 1.47. The molecule has 0 saturated carbocycles. The van der Waals surface area contributed by atoms with Crippen LogP contribution in [0.1, 0.15) is 11.6 Å². The van der Waals surface area contributed by atoms with Crippen LogP contribution in [0.5, 0.6) is 0 Å². The van der Waals surface area contributed by atoms with Gasteiger partial charge in [-0.15, -0.1) is 0 Å². The number of carbonyl (C=O) groups excluding carboxylic acids is 1.